The van der Waals surface area contributed by atoms with Gasteiger partial charge in [-0.05, 0) is 12.0 Å². The predicted octanol–water partition coefficient (Wildman–Crippen LogP) is 2.07. The van der Waals surface area contributed by atoms with E-state index in [2.05, 4.69) is 28.7 Å². The monoisotopic (exact) mass is 330 g/mol. The van der Waals surface area contributed by atoms with Crippen LogP contribution in [-0.4, -0.2) is 53.6 Å². The van der Waals surface area contributed by atoms with E-state index in [9.17, 15) is 4.79 Å². The lowest BCUT2D eigenvalue weighted by molar-refractivity contribution is 0.0745. The number of nitrogens with zero attached hydrogens (tertiary/aromatic N) is 4. The Balaban J connectivity index is 1.58. The normalized spacial score (nSPS) is 15.0. The van der Waals surface area contributed by atoms with Crippen LogP contribution in [0.2, 0.25) is 0 Å². The van der Waals surface area contributed by atoms with E-state index in [1.807, 2.05) is 4.90 Å². The fourth-order valence-corrected chi connectivity index (χ4v) is 2.52. The molecule has 0 atom stereocenters. The van der Waals surface area contributed by atoms with Crippen LogP contribution in [-0.2, 0) is 0 Å². The first-order valence-electron chi connectivity index (χ1n) is 8.15. The quantitative estimate of drug-likeness (QED) is 0.836. The first-order chi connectivity index (χ1) is 11.6. The van der Waals surface area contributed by atoms with Gasteiger partial charge in [0.25, 0.3) is 5.91 Å². The molecule has 0 unspecified atom stereocenters. The number of hydrogen-bond donors (Lipinski definition) is 0. The molecular weight excluding hydrogens is 308 g/mol. The second-order valence-electron chi connectivity index (χ2n) is 6.21. The highest BCUT2D eigenvalue weighted by Gasteiger charge is 2.23. The van der Waals surface area contributed by atoms with E-state index in [0.29, 0.717) is 50.1 Å². The molecule has 2 aromatic heterocycles. The minimum Gasteiger partial charge on any atom is -0.476 e. The third-order valence-corrected chi connectivity index (χ3v) is 3.82. The number of aromatic nitrogens is 2. The molecule has 7 nitrogen and oxygen atoms in total. The molecule has 128 valence electrons. The smallest absolute Gasteiger partial charge is 0.257 e. The van der Waals surface area contributed by atoms with Gasteiger partial charge >= 0.3 is 0 Å². The fourth-order valence-electron chi connectivity index (χ4n) is 2.52. The van der Waals surface area contributed by atoms with Crippen molar-refractivity contribution in [2.75, 3.05) is 37.7 Å². The van der Waals surface area contributed by atoms with Gasteiger partial charge in [0.2, 0.25) is 5.88 Å². The van der Waals surface area contributed by atoms with Gasteiger partial charge in [-0.25, -0.2) is 0 Å². The molecule has 7 heteroatoms. The molecule has 0 aromatic carbocycles. The number of carbonyl (C=O) groups is 1. The molecule has 1 saturated heterocycles. The van der Waals surface area contributed by atoms with Crippen molar-refractivity contribution in [3.05, 3.63) is 36.5 Å². The Morgan fingerprint density at radius 1 is 1.29 bits per heavy atom. The lowest BCUT2D eigenvalue weighted by Gasteiger charge is -2.35. The lowest BCUT2D eigenvalue weighted by Crippen LogP contribution is -2.49. The van der Waals surface area contributed by atoms with Crippen LogP contribution < -0.4 is 9.64 Å². The van der Waals surface area contributed by atoms with Crippen LogP contribution in [0.1, 0.15) is 24.2 Å². The minimum atomic E-state index is 0.00324. The zero-order chi connectivity index (χ0) is 16.9. The van der Waals surface area contributed by atoms with E-state index >= 15 is 0 Å². The number of ether oxygens (including phenoxy) is 1. The van der Waals surface area contributed by atoms with Crippen molar-refractivity contribution in [2.24, 2.45) is 5.92 Å². The summed E-state index contributed by atoms with van der Waals surface area (Å²) in [5.41, 5.74) is 0.590. The highest BCUT2D eigenvalue weighted by molar-refractivity contribution is 5.94. The molecule has 24 heavy (non-hydrogen) atoms. The maximum atomic E-state index is 12.3. The molecule has 1 amide bonds. The Kier molecular flexibility index (Phi) is 4.98. The zero-order valence-corrected chi connectivity index (χ0v) is 14.0. The Hall–Kier alpha value is -2.57. The molecule has 3 rings (SSSR count). The topological polar surface area (TPSA) is 71.7 Å². The van der Waals surface area contributed by atoms with Crippen molar-refractivity contribution < 1.29 is 13.9 Å². The van der Waals surface area contributed by atoms with Crippen LogP contribution in [0.4, 0.5) is 5.82 Å². The highest BCUT2D eigenvalue weighted by Crippen LogP contribution is 2.17. The van der Waals surface area contributed by atoms with Gasteiger partial charge in [0, 0.05) is 26.2 Å². The number of anilines is 1. The number of piperazine rings is 1. The van der Waals surface area contributed by atoms with Crippen molar-refractivity contribution in [1.29, 1.82) is 0 Å². The molecule has 0 aliphatic carbocycles. The van der Waals surface area contributed by atoms with Gasteiger partial charge in [-0.2, -0.15) is 4.98 Å². The Labute approximate surface area is 141 Å². The lowest BCUT2D eigenvalue weighted by atomic mass is 10.2. The van der Waals surface area contributed by atoms with Gasteiger partial charge in [0.15, 0.2) is 5.82 Å². The number of rotatable bonds is 5. The largest absolute Gasteiger partial charge is 0.476 e. The highest BCUT2D eigenvalue weighted by atomic mass is 16.5. The number of hydrogen-bond acceptors (Lipinski definition) is 6. The third-order valence-electron chi connectivity index (χ3n) is 3.82. The van der Waals surface area contributed by atoms with Crippen LogP contribution in [0, 0.1) is 5.92 Å². The Morgan fingerprint density at radius 2 is 2.08 bits per heavy atom. The second-order valence-corrected chi connectivity index (χ2v) is 6.21. The summed E-state index contributed by atoms with van der Waals surface area (Å²) in [4.78, 5) is 25.0. The minimum absolute atomic E-state index is 0.00324. The third kappa shape index (κ3) is 3.84. The van der Waals surface area contributed by atoms with E-state index in [4.69, 9.17) is 9.15 Å². The molecule has 0 radical (unpaired) electrons. The van der Waals surface area contributed by atoms with E-state index in [1.54, 1.807) is 18.5 Å². The molecule has 0 spiro atoms. The van der Waals surface area contributed by atoms with Crippen LogP contribution in [0.25, 0.3) is 0 Å². The first kappa shape index (κ1) is 16.3. The maximum absolute atomic E-state index is 12.3. The van der Waals surface area contributed by atoms with Crippen molar-refractivity contribution in [3.63, 3.8) is 0 Å². The van der Waals surface area contributed by atoms with Crippen molar-refractivity contribution in [3.8, 4) is 5.88 Å². The Morgan fingerprint density at radius 3 is 2.75 bits per heavy atom. The summed E-state index contributed by atoms with van der Waals surface area (Å²) >= 11 is 0. The van der Waals surface area contributed by atoms with Gasteiger partial charge < -0.3 is 19.0 Å². The standard InChI is InChI=1S/C17H22N4O3/c1-13(2)11-24-16-10-18-9-15(19-16)20-4-6-21(7-5-20)17(22)14-3-8-23-12-14/h3,8-10,12-13H,4-7,11H2,1-2H3. The molecular formula is C17H22N4O3. The molecule has 0 bridgehead atoms. The molecule has 3 heterocycles. The molecule has 1 fully saturated rings. The van der Waals surface area contributed by atoms with E-state index in [1.165, 1.54) is 12.5 Å². The number of amides is 1. The maximum Gasteiger partial charge on any atom is 0.257 e. The summed E-state index contributed by atoms with van der Waals surface area (Å²) < 4.78 is 10.6. The van der Waals surface area contributed by atoms with Gasteiger partial charge in [-0.1, -0.05) is 13.8 Å². The first-order valence-corrected chi connectivity index (χ1v) is 8.15. The summed E-state index contributed by atoms with van der Waals surface area (Å²) in [6, 6.07) is 1.69. The summed E-state index contributed by atoms with van der Waals surface area (Å²) in [5.74, 6) is 1.77. The average molecular weight is 330 g/mol. The van der Waals surface area contributed by atoms with Crippen LogP contribution in [0.3, 0.4) is 0 Å². The van der Waals surface area contributed by atoms with Crippen LogP contribution in [0.5, 0.6) is 5.88 Å². The average Bonchev–Trinajstić information content (AvgIpc) is 3.14. The van der Waals surface area contributed by atoms with Crippen LogP contribution in [0.15, 0.2) is 35.4 Å². The summed E-state index contributed by atoms with van der Waals surface area (Å²) in [7, 11) is 0. The summed E-state index contributed by atoms with van der Waals surface area (Å²) in [5, 5.41) is 0. The van der Waals surface area contributed by atoms with E-state index in [0.717, 1.165) is 5.82 Å². The zero-order valence-electron chi connectivity index (χ0n) is 14.0. The second kappa shape index (κ2) is 7.33. The van der Waals surface area contributed by atoms with Crippen molar-refractivity contribution in [1.82, 2.24) is 14.9 Å². The molecule has 0 saturated carbocycles. The Bertz CT molecular complexity index is 664. The molecule has 0 N–H and O–H groups in total. The van der Waals surface area contributed by atoms with Crippen molar-refractivity contribution in [2.45, 2.75) is 13.8 Å². The SMILES string of the molecule is CC(C)COc1cncc(N2CCN(C(=O)c3ccoc3)CC2)n1. The van der Waals surface area contributed by atoms with Gasteiger partial charge in [-0.3, -0.25) is 9.78 Å². The summed E-state index contributed by atoms with van der Waals surface area (Å²) in [6.07, 6.45) is 6.36. The predicted molar refractivity (Wildman–Crippen MR) is 89.2 cm³/mol. The molecule has 1 aliphatic rings. The summed E-state index contributed by atoms with van der Waals surface area (Å²) in [6.45, 7) is 7.51. The van der Waals surface area contributed by atoms with Gasteiger partial charge in [0.05, 0.1) is 30.8 Å². The van der Waals surface area contributed by atoms with E-state index < -0.39 is 0 Å². The van der Waals surface area contributed by atoms with Crippen LogP contribution >= 0.6 is 0 Å². The number of carbonyl (C=O) groups excluding carboxylic acids is 1. The number of furan rings is 1. The fraction of sp³-hybridized carbons (Fsp3) is 0.471. The van der Waals surface area contributed by atoms with Gasteiger partial charge in [-0.15, -0.1) is 0 Å². The van der Waals surface area contributed by atoms with Crippen molar-refractivity contribution >= 4 is 11.7 Å². The molecule has 1 aliphatic heterocycles. The van der Waals surface area contributed by atoms with Gasteiger partial charge in [0.1, 0.15) is 6.26 Å². The van der Waals surface area contributed by atoms with E-state index in [-0.39, 0.29) is 5.91 Å². The molecule has 2 aromatic rings.